The molecule has 5 atom stereocenters. The summed E-state index contributed by atoms with van der Waals surface area (Å²) in [5.41, 5.74) is 6.27. The first-order chi connectivity index (χ1) is 17.0. The van der Waals surface area contributed by atoms with Crippen LogP contribution in [0.25, 0.3) is 11.0 Å². The van der Waals surface area contributed by atoms with Gasteiger partial charge < -0.3 is 34.6 Å². The molecule has 0 unspecified atom stereocenters. The molecule has 36 heavy (non-hydrogen) atoms. The predicted molar refractivity (Wildman–Crippen MR) is 133 cm³/mol. The monoisotopic (exact) mass is 502 g/mol. The van der Waals surface area contributed by atoms with Crippen LogP contribution in [0.15, 0.2) is 18.6 Å². The lowest BCUT2D eigenvalue weighted by Crippen LogP contribution is -2.43. The molecule has 0 saturated carbocycles. The fourth-order valence-corrected chi connectivity index (χ4v) is 5.57. The number of alkyl carbamates (subject to hydrolysis) is 1. The molecule has 0 radical (unpaired) electrons. The molecule has 11 heteroatoms. The zero-order chi connectivity index (χ0) is 25.7. The zero-order valence-electron chi connectivity index (χ0n) is 21.8. The van der Waals surface area contributed by atoms with Crippen LogP contribution in [0.5, 0.6) is 0 Å². The van der Waals surface area contributed by atoms with Crippen molar-refractivity contribution in [2.75, 3.05) is 25.4 Å². The third kappa shape index (κ3) is 5.15. The van der Waals surface area contributed by atoms with Crippen LogP contribution in [-0.2, 0) is 18.9 Å². The van der Waals surface area contributed by atoms with Crippen molar-refractivity contribution >= 4 is 22.9 Å². The van der Waals surface area contributed by atoms with Crippen molar-refractivity contribution < 1.29 is 23.7 Å². The van der Waals surface area contributed by atoms with Gasteiger partial charge in [0.2, 0.25) is 0 Å². The molecule has 198 valence electrons. The molecular weight excluding hydrogens is 464 g/mol. The minimum atomic E-state index is -0.700. The number of rotatable bonds is 6. The maximum absolute atomic E-state index is 12.0. The van der Waals surface area contributed by atoms with Crippen molar-refractivity contribution in [3.8, 4) is 0 Å². The molecule has 0 spiro atoms. The van der Waals surface area contributed by atoms with Crippen molar-refractivity contribution in [1.29, 1.82) is 0 Å². The SMILES string of the molecule is CC(C)(C)OC(=O)NCC[C@@H]1CCCN1C[C@H]1O[C@@H](n2ccc3c(N)ncnc32)[C@@H]2OC(C)(C)O[C@@H]21. The Kier molecular flexibility index (Phi) is 6.61. The summed E-state index contributed by atoms with van der Waals surface area (Å²) < 4.78 is 26.6. The third-order valence-corrected chi connectivity index (χ3v) is 7.00. The van der Waals surface area contributed by atoms with E-state index in [0.29, 0.717) is 24.1 Å². The lowest BCUT2D eigenvalue weighted by Gasteiger charge is -2.30. The molecule has 3 aliphatic heterocycles. The van der Waals surface area contributed by atoms with E-state index >= 15 is 0 Å². The quantitative estimate of drug-likeness (QED) is 0.613. The maximum Gasteiger partial charge on any atom is 0.407 e. The topological polar surface area (TPSA) is 126 Å². The molecule has 0 bridgehead atoms. The predicted octanol–water partition coefficient (Wildman–Crippen LogP) is 2.81. The molecular formula is C25H38N6O5. The van der Waals surface area contributed by atoms with Gasteiger partial charge in [-0.1, -0.05) is 0 Å². The summed E-state index contributed by atoms with van der Waals surface area (Å²) in [5.74, 6) is -0.261. The van der Waals surface area contributed by atoms with Crippen molar-refractivity contribution in [2.45, 2.75) is 95.9 Å². The average Bonchev–Trinajstić information content (AvgIpc) is 3.52. The number of carbonyl (C=O) groups excluding carboxylic acids is 1. The highest BCUT2D eigenvalue weighted by Crippen LogP contribution is 2.44. The Morgan fingerprint density at radius 3 is 2.83 bits per heavy atom. The van der Waals surface area contributed by atoms with Gasteiger partial charge in [-0.2, -0.15) is 0 Å². The van der Waals surface area contributed by atoms with Crippen LogP contribution in [0.2, 0.25) is 0 Å². The number of nitrogen functional groups attached to an aromatic ring is 1. The summed E-state index contributed by atoms with van der Waals surface area (Å²) in [5, 5.41) is 3.67. The van der Waals surface area contributed by atoms with Crippen LogP contribution < -0.4 is 11.1 Å². The van der Waals surface area contributed by atoms with E-state index in [1.807, 2.05) is 51.4 Å². The number of fused-ring (bicyclic) bond motifs is 2. The maximum atomic E-state index is 12.0. The highest BCUT2D eigenvalue weighted by atomic mass is 16.8. The summed E-state index contributed by atoms with van der Waals surface area (Å²) in [6.07, 6.45) is 5.04. The molecule has 0 aromatic carbocycles. The van der Waals surface area contributed by atoms with E-state index in [1.165, 1.54) is 6.33 Å². The summed E-state index contributed by atoms with van der Waals surface area (Å²) >= 11 is 0. The van der Waals surface area contributed by atoms with E-state index in [-0.39, 0.29) is 30.6 Å². The molecule has 3 saturated heterocycles. The zero-order valence-corrected chi connectivity index (χ0v) is 21.8. The van der Waals surface area contributed by atoms with Gasteiger partial charge in [-0.15, -0.1) is 0 Å². The lowest BCUT2D eigenvalue weighted by molar-refractivity contribution is -0.198. The number of amides is 1. The second-order valence-corrected chi connectivity index (χ2v) is 11.4. The minimum Gasteiger partial charge on any atom is -0.444 e. The van der Waals surface area contributed by atoms with Gasteiger partial charge in [0.15, 0.2) is 12.0 Å². The number of nitrogens with one attached hydrogen (secondary N) is 1. The average molecular weight is 503 g/mol. The van der Waals surface area contributed by atoms with Gasteiger partial charge in [0, 0.05) is 25.3 Å². The minimum absolute atomic E-state index is 0.169. The van der Waals surface area contributed by atoms with Crippen molar-refractivity contribution in [3.63, 3.8) is 0 Å². The van der Waals surface area contributed by atoms with Crippen molar-refractivity contribution in [2.24, 2.45) is 0 Å². The molecule has 3 N–H and O–H groups in total. The van der Waals surface area contributed by atoms with E-state index < -0.39 is 11.4 Å². The summed E-state index contributed by atoms with van der Waals surface area (Å²) in [4.78, 5) is 23.0. The first-order valence-electron chi connectivity index (χ1n) is 12.8. The van der Waals surface area contributed by atoms with Crippen LogP contribution in [0.4, 0.5) is 10.6 Å². The Balaban J connectivity index is 1.26. The van der Waals surface area contributed by atoms with E-state index in [4.69, 9.17) is 24.7 Å². The molecule has 2 aromatic heterocycles. The lowest BCUT2D eigenvalue weighted by atomic mass is 10.1. The van der Waals surface area contributed by atoms with E-state index in [9.17, 15) is 4.79 Å². The molecule has 1 amide bonds. The van der Waals surface area contributed by atoms with Gasteiger partial charge >= 0.3 is 6.09 Å². The number of nitrogens with two attached hydrogens (primary N) is 1. The molecule has 3 aliphatic rings. The summed E-state index contributed by atoms with van der Waals surface area (Å²) in [6, 6.07) is 2.27. The van der Waals surface area contributed by atoms with Crippen LogP contribution in [0.3, 0.4) is 0 Å². The first kappa shape index (κ1) is 25.2. The van der Waals surface area contributed by atoms with E-state index in [2.05, 4.69) is 20.2 Å². The Morgan fingerprint density at radius 1 is 1.28 bits per heavy atom. The van der Waals surface area contributed by atoms with Crippen LogP contribution in [0.1, 0.15) is 60.1 Å². The Morgan fingerprint density at radius 2 is 2.06 bits per heavy atom. The Hall–Kier alpha value is -2.47. The smallest absolute Gasteiger partial charge is 0.407 e. The number of carbonyl (C=O) groups is 1. The Bertz CT molecular complexity index is 1100. The summed E-state index contributed by atoms with van der Waals surface area (Å²) in [7, 11) is 0. The highest BCUT2D eigenvalue weighted by Gasteiger charge is 2.56. The van der Waals surface area contributed by atoms with Gasteiger partial charge in [0.25, 0.3) is 0 Å². The van der Waals surface area contributed by atoms with Crippen molar-refractivity contribution in [1.82, 2.24) is 24.8 Å². The first-order valence-corrected chi connectivity index (χ1v) is 12.8. The van der Waals surface area contributed by atoms with E-state index in [0.717, 1.165) is 37.7 Å². The van der Waals surface area contributed by atoms with Crippen LogP contribution in [0, 0.1) is 0 Å². The van der Waals surface area contributed by atoms with Gasteiger partial charge in [-0.3, -0.25) is 4.90 Å². The Labute approximate surface area is 211 Å². The largest absolute Gasteiger partial charge is 0.444 e. The number of likely N-dealkylation sites (tertiary alicyclic amines) is 1. The van der Waals surface area contributed by atoms with E-state index in [1.54, 1.807) is 0 Å². The van der Waals surface area contributed by atoms with Crippen LogP contribution in [-0.4, -0.2) is 80.9 Å². The fraction of sp³-hybridized carbons (Fsp3) is 0.720. The number of aromatic nitrogens is 3. The number of ether oxygens (including phenoxy) is 4. The van der Waals surface area contributed by atoms with Gasteiger partial charge in [0.05, 0.1) is 5.39 Å². The van der Waals surface area contributed by atoms with Gasteiger partial charge in [-0.25, -0.2) is 14.8 Å². The molecule has 3 fully saturated rings. The molecule has 5 rings (SSSR count). The number of nitrogens with zero attached hydrogens (tertiary/aromatic N) is 4. The van der Waals surface area contributed by atoms with Crippen LogP contribution >= 0.6 is 0 Å². The second kappa shape index (κ2) is 9.44. The van der Waals surface area contributed by atoms with Crippen molar-refractivity contribution in [3.05, 3.63) is 18.6 Å². The number of anilines is 1. The second-order valence-electron chi connectivity index (χ2n) is 11.4. The third-order valence-electron chi connectivity index (χ3n) is 7.00. The van der Waals surface area contributed by atoms with Gasteiger partial charge in [-0.05, 0) is 66.5 Å². The highest BCUT2D eigenvalue weighted by molar-refractivity contribution is 5.86. The van der Waals surface area contributed by atoms with Gasteiger partial charge in [0.1, 0.15) is 41.7 Å². The molecule has 0 aliphatic carbocycles. The fourth-order valence-electron chi connectivity index (χ4n) is 5.57. The molecule has 5 heterocycles. The standard InChI is InChI=1S/C25H38N6O5/c1-24(2,3)36-23(32)27-10-8-15-7-6-11-30(15)13-17-18-19(35-25(4,5)34-18)22(33-17)31-12-9-16-20(26)28-14-29-21(16)31/h9,12,14-15,17-19,22H,6-8,10-11,13H2,1-5H3,(H,27,32)(H2,26,28,29)/t15-,17+,18+,19+,22+/m0/s1. The molecule has 2 aromatic rings. The number of hydrogen-bond donors (Lipinski definition) is 2. The summed E-state index contributed by atoms with van der Waals surface area (Å²) in [6.45, 7) is 11.7. The number of hydrogen-bond acceptors (Lipinski definition) is 9. The normalized spacial score (nSPS) is 30.1. The molecule has 11 nitrogen and oxygen atoms in total.